The lowest BCUT2D eigenvalue weighted by atomic mass is 9.86. The van der Waals surface area contributed by atoms with Crippen LogP contribution in [0, 0.1) is 5.92 Å². The Labute approximate surface area is 180 Å². The van der Waals surface area contributed by atoms with Crippen LogP contribution in [-0.2, 0) is 19.1 Å². The van der Waals surface area contributed by atoms with Gasteiger partial charge in [0.05, 0.1) is 13.2 Å². The van der Waals surface area contributed by atoms with Crippen LogP contribution in [0.5, 0.6) is 0 Å². The van der Waals surface area contributed by atoms with Crippen LogP contribution in [0.4, 0.5) is 0 Å². The molecule has 0 spiro atoms. The van der Waals surface area contributed by atoms with E-state index >= 15 is 0 Å². The minimum absolute atomic E-state index is 0.0541. The van der Waals surface area contributed by atoms with E-state index in [4.69, 9.17) is 14.6 Å². The lowest BCUT2D eigenvalue weighted by Crippen LogP contribution is -2.59. The number of hydrogen-bond acceptors (Lipinski definition) is 5. The van der Waals surface area contributed by atoms with Crippen molar-refractivity contribution in [1.29, 1.82) is 0 Å². The number of amides is 2. The lowest BCUT2D eigenvalue weighted by Gasteiger charge is -2.46. The van der Waals surface area contributed by atoms with Gasteiger partial charge in [-0.25, -0.2) is 0 Å². The lowest BCUT2D eigenvalue weighted by molar-refractivity contribution is -0.135. The molecule has 0 radical (unpaired) electrons. The van der Waals surface area contributed by atoms with E-state index in [1.807, 2.05) is 11.8 Å². The fourth-order valence-electron chi connectivity index (χ4n) is 5.04. The number of nitrogens with one attached hydrogen (secondary N) is 1. The van der Waals surface area contributed by atoms with Crippen molar-refractivity contribution in [2.24, 2.45) is 5.92 Å². The number of carbonyl (C=O) groups excluding carboxylic acids is 2. The number of carbonyl (C=O) groups is 3. The van der Waals surface area contributed by atoms with Crippen LogP contribution in [0.2, 0.25) is 0 Å². The second kappa shape index (κ2) is 12.9. The van der Waals surface area contributed by atoms with E-state index in [0.29, 0.717) is 6.42 Å². The Morgan fingerprint density at radius 3 is 2.17 bits per heavy atom. The molecule has 2 amide bonds. The third kappa shape index (κ3) is 6.94. The van der Waals surface area contributed by atoms with Gasteiger partial charge in [-0.15, -0.1) is 0 Å². The van der Waals surface area contributed by atoms with Crippen molar-refractivity contribution in [3.63, 3.8) is 0 Å². The van der Waals surface area contributed by atoms with E-state index < -0.39 is 0 Å². The summed E-state index contributed by atoms with van der Waals surface area (Å²) in [7, 11) is 0. The molecule has 3 rings (SSSR count). The molecule has 0 aromatic carbocycles. The molecular weight excluding hydrogens is 386 g/mol. The van der Waals surface area contributed by atoms with Gasteiger partial charge >= 0.3 is 0 Å². The number of nitrogens with zero attached hydrogens (tertiary/aromatic N) is 2. The molecule has 0 aromatic heterocycles. The van der Waals surface area contributed by atoms with Crippen molar-refractivity contribution < 1.29 is 24.2 Å². The number of morpholine rings is 1. The third-order valence-electron chi connectivity index (χ3n) is 6.83. The van der Waals surface area contributed by atoms with Gasteiger partial charge in [-0.2, -0.15) is 0 Å². The Kier molecular flexibility index (Phi) is 10.6. The van der Waals surface area contributed by atoms with Crippen molar-refractivity contribution in [2.75, 3.05) is 45.9 Å². The zero-order valence-electron chi connectivity index (χ0n) is 18.4. The molecule has 3 fully saturated rings. The van der Waals surface area contributed by atoms with Gasteiger partial charge in [-0.05, 0) is 25.7 Å². The number of hydrogen-bond donors (Lipinski definition) is 2. The first-order chi connectivity index (χ1) is 14.6. The fraction of sp³-hybridized carbons (Fsp3) is 0.864. The predicted octanol–water partition coefficient (Wildman–Crippen LogP) is 1.88. The van der Waals surface area contributed by atoms with E-state index in [1.165, 1.54) is 38.5 Å². The summed E-state index contributed by atoms with van der Waals surface area (Å²) in [4.78, 5) is 37.5. The Morgan fingerprint density at radius 2 is 1.63 bits per heavy atom. The summed E-state index contributed by atoms with van der Waals surface area (Å²) >= 11 is 0. The Morgan fingerprint density at radius 1 is 1.07 bits per heavy atom. The molecule has 0 unspecified atom stereocenters. The minimum atomic E-state index is -0.250. The molecule has 8 heteroatoms. The third-order valence-corrected chi connectivity index (χ3v) is 6.83. The van der Waals surface area contributed by atoms with Crippen molar-refractivity contribution >= 4 is 18.3 Å². The molecule has 2 saturated heterocycles. The van der Waals surface area contributed by atoms with Crippen LogP contribution in [0.15, 0.2) is 0 Å². The van der Waals surface area contributed by atoms with Gasteiger partial charge in [-0.3, -0.25) is 19.3 Å². The van der Waals surface area contributed by atoms with Gasteiger partial charge in [0.2, 0.25) is 11.8 Å². The number of ether oxygens (including phenoxy) is 1. The van der Waals surface area contributed by atoms with E-state index in [9.17, 15) is 9.59 Å². The average Bonchev–Trinajstić information content (AvgIpc) is 3.05. The summed E-state index contributed by atoms with van der Waals surface area (Å²) in [6, 6.07) is 0. The topological polar surface area (TPSA) is 99.2 Å². The monoisotopic (exact) mass is 425 g/mol. The van der Waals surface area contributed by atoms with Crippen molar-refractivity contribution in [2.45, 2.75) is 70.3 Å². The molecule has 30 heavy (non-hydrogen) atoms. The molecule has 172 valence electrons. The van der Waals surface area contributed by atoms with E-state index in [2.05, 4.69) is 10.2 Å². The molecule has 2 N–H and O–H groups in total. The fourth-order valence-corrected chi connectivity index (χ4v) is 5.04. The van der Waals surface area contributed by atoms with Gasteiger partial charge in [0, 0.05) is 50.6 Å². The zero-order chi connectivity index (χ0) is 21.8. The van der Waals surface area contributed by atoms with Crippen molar-refractivity contribution in [3.8, 4) is 0 Å². The zero-order valence-corrected chi connectivity index (χ0v) is 18.4. The maximum absolute atomic E-state index is 12.8. The summed E-state index contributed by atoms with van der Waals surface area (Å²) in [5.41, 5.74) is 0.106. The summed E-state index contributed by atoms with van der Waals surface area (Å²) in [6.45, 7) is 7.43. The molecule has 8 nitrogen and oxygen atoms in total. The summed E-state index contributed by atoms with van der Waals surface area (Å²) in [6.07, 6.45) is 9.63. The second-order valence-electron chi connectivity index (χ2n) is 8.57. The standard InChI is InChI=1S/C21H37N3O3.CH2O2/c1-2-19(25)23-11-7-18(8-12-23)20(26)22-17-21(9-5-3-4-6-10-21)24-13-15-27-16-14-24;2-1-3/h18H,2-17H2,1H3,(H,22,26);1H,(H,2,3). The highest BCUT2D eigenvalue weighted by Crippen LogP contribution is 2.33. The normalized spacial score (nSPS) is 22.9. The molecule has 2 aliphatic heterocycles. The molecule has 0 atom stereocenters. The van der Waals surface area contributed by atoms with Crippen LogP contribution < -0.4 is 5.32 Å². The SMILES string of the molecule is CCC(=O)N1CCC(C(=O)NCC2(N3CCOCC3)CCCCCC2)CC1.O=CO. The Balaban J connectivity index is 0.00000101. The smallest absolute Gasteiger partial charge is 0.290 e. The van der Waals surface area contributed by atoms with E-state index in [0.717, 1.165) is 58.8 Å². The molecule has 2 heterocycles. The van der Waals surface area contributed by atoms with Gasteiger partial charge in [0.15, 0.2) is 0 Å². The highest BCUT2D eigenvalue weighted by atomic mass is 16.5. The van der Waals surface area contributed by atoms with Gasteiger partial charge in [-0.1, -0.05) is 32.6 Å². The molecule has 1 aliphatic carbocycles. The summed E-state index contributed by atoms with van der Waals surface area (Å²) < 4.78 is 5.56. The molecule has 0 bridgehead atoms. The minimum Gasteiger partial charge on any atom is -0.483 e. The Hall–Kier alpha value is -1.67. The van der Waals surface area contributed by atoms with Gasteiger partial charge in [0.25, 0.3) is 6.47 Å². The quantitative estimate of drug-likeness (QED) is 0.515. The second-order valence-corrected chi connectivity index (χ2v) is 8.57. The largest absolute Gasteiger partial charge is 0.483 e. The van der Waals surface area contributed by atoms with Crippen molar-refractivity contribution in [3.05, 3.63) is 0 Å². The molecule has 3 aliphatic rings. The highest BCUT2D eigenvalue weighted by molar-refractivity contribution is 5.80. The summed E-state index contributed by atoms with van der Waals surface area (Å²) in [5, 5.41) is 10.2. The maximum atomic E-state index is 12.8. The van der Waals surface area contributed by atoms with Crippen LogP contribution in [0.25, 0.3) is 0 Å². The predicted molar refractivity (Wildman–Crippen MR) is 114 cm³/mol. The molecular formula is C22H39N3O5. The van der Waals surface area contributed by atoms with E-state index in [-0.39, 0.29) is 29.7 Å². The first-order valence-electron chi connectivity index (χ1n) is 11.5. The Bertz CT molecular complexity index is 535. The number of likely N-dealkylation sites (tertiary alicyclic amines) is 1. The van der Waals surface area contributed by atoms with Crippen LogP contribution in [0.1, 0.15) is 64.7 Å². The first-order valence-corrected chi connectivity index (χ1v) is 11.5. The number of piperidine rings is 1. The van der Waals surface area contributed by atoms with Crippen LogP contribution >= 0.6 is 0 Å². The van der Waals surface area contributed by atoms with Crippen molar-refractivity contribution in [1.82, 2.24) is 15.1 Å². The number of carboxylic acid groups (broad SMARTS) is 1. The average molecular weight is 426 g/mol. The van der Waals surface area contributed by atoms with E-state index in [1.54, 1.807) is 0 Å². The van der Waals surface area contributed by atoms with Gasteiger partial charge in [0.1, 0.15) is 0 Å². The van der Waals surface area contributed by atoms with Gasteiger partial charge < -0.3 is 20.1 Å². The van der Waals surface area contributed by atoms with Crippen LogP contribution in [-0.4, -0.2) is 84.7 Å². The highest BCUT2D eigenvalue weighted by Gasteiger charge is 2.38. The molecule has 0 aromatic rings. The maximum Gasteiger partial charge on any atom is 0.290 e. The van der Waals surface area contributed by atoms with Crippen LogP contribution in [0.3, 0.4) is 0 Å². The molecule has 1 saturated carbocycles. The first kappa shape index (κ1) is 24.6. The summed E-state index contributed by atoms with van der Waals surface area (Å²) in [5.74, 6) is 0.451. The number of rotatable bonds is 5.